The molecular formula is C67H73BF3N4O9. The second-order valence-electron chi connectivity index (χ2n) is 19.1. The van der Waals surface area contributed by atoms with Gasteiger partial charge in [-0.15, -0.1) is 0 Å². The van der Waals surface area contributed by atoms with Crippen molar-refractivity contribution in [1.29, 1.82) is 0 Å². The standard InChI is InChI=1S/C26H29FN2O3.C25H26FNO4.C16H18FNO2.B/c1-29(2)26(30)25(21-9-5-4-6-10-21)28-15-14-19-12-13-23(24(17-19)31-3)32-18-20-8-7-11-22(27)16-20;1-29-23-16-18(11-12-22(23)31-17-19-7-6-10-21(26)15-19)13-14-27-24(25(28)30-2)20-8-4-3-5-9-20;1-19-16-10-12(7-8-18)5-6-15(16)20-11-13-3-2-4-14(17)9-13;/h4-13,16-17,25,28H,14-15,18H2,1-3H3;3-12,15-16,24,27H,13-14,17H2,1-2H3;2-6,9-10H,7-8,11,18H2,1H3;. The van der Waals surface area contributed by atoms with Crippen molar-refractivity contribution in [3.05, 3.63) is 250 Å². The number of benzene rings is 8. The van der Waals surface area contributed by atoms with Gasteiger partial charge in [0.2, 0.25) is 5.91 Å². The highest BCUT2D eigenvalue weighted by molar-refractivity contribution is 5.83. The Kier molecular flexibility index (Phi) is 27.7. The minimum atomic E-state index is -0.526. The first kappa shape index (κ1) is 66.0. The van der Waals surface area contributed by atoms with E-state index in [4.69, 9.17) is 38.9 Å². The molecule has 0 aliphatic heterocycles. The van der Waals surface area contributed by atoms with E-state index in [-0.39, 0.29) is 51.0 Å². The molecule has 0 heterocycles. The number of carbonyl (C=O) groups is 2. The van der Waals surface area contributed by atoms with Crippen LogP contribution in [0.3, 0.4) is 0 Å². The second-order valence-corrected chi connectivity index (χ2v) is 19.1. The third kappa shape index (κ3) is 21.2. The molecule has 0 saturated carbocycles. The number of ether oxygens (including phenoxy) is 7. The second kappa shape index (κ2) is 35.3. The van der Waals surface area contributed by atoms with Gasteiger partial charge in [0, 0.05) is 35.6 Å². The zero-order chi connectivity index (χ0) is 59.3. The van der Waals surface area contributed by atoms with Gasteiger partial charge in [-0.2, -0.15) is 0 Å². The van der Waals surface area contributed by atoms with Gasteiger partial charge in [0.1, 0.15) is 49.4 Å². The summed E-state index contributed by atoms with van der Waals surface area (Å²) in [5, 5.41) is 6.63. The molecule has 2 atom stereocenters. The maximum Gasteiger partial charge on any atom is 0.327 e. The minimum Gasteiger partial charge on any atom is -0.493 e. The Morgan fingerprint density at radius 1 is 0.440 bits per heavy atom. The Hall–Kier alpha value is -8.77. The molecule has 4 N–H and O–H groups in total. The molecule has 0 fully saturated rings. The Labute approximate surface area is 493 Å². The highest BCUT2D eigenvalue weighted by atomic mass is 19.1. The van der Waals surface area contributed by atoms with E-state index in [2.05, 4.69) is 10.6 Å². The first-order chi connectivity index (χ1) is 40.3. The molecule has 0 saturated heterocycles. The Morgan fingerprint density at radius 2 is 0.798 bits per heavy atom. The fraction of sp³-hybridized carbons (Fsp3) is 0.254. The zero-order valence-electron chi connectivity index (χ0n) is 48.3. The SMILES string of the molecule is COC(=O)C(NCCc1ccc(OCc2cccc(F)c2)c(OC)c1)c1ccccc1.COc1cc(CCN)ccc1OCc1cccc(F)c1.COc1cc(CCNC(C(=O)N(C)C)c2ccccc2)ccc1OCc1cccc(F)c1.[B]. The van der Waals surface area contributed by atoms with Crippen molar-refractivity contribution in [2.75, 3.05) is 62.2 Å². The Balaban J connectivity index is 0.000000235. The van der Waals surface area contributed by atoms with Crippen LogP contribution < -0.4 is 44.8 Å². The van der Waals surface area contributed by atoms with Gasteiger partial charge in [0.25, 0.3) is 0 Å². The lowest BCUT2D eigenvalue weighted by molar-refractivity contribution is -0.143. The highest BCUT2D eigenvalue weighted by Gasteiger charge is 2.22. The van der Waals surface area contributed by atoms with Crippen LogP contribution in [0, 0.1) is 17.5 Å². The van der Waals surface area contributed by atoms with E-state index < -0.39 is 12.1 Å². The number of nitrogens with zero attached hydrogens (tertiary/aromatic N) is 1. The molecule has 0 aliphatic carbocycles. The number of hydrogen-bond donors (Lipinski definition) is 3. The molecule has 0 spiro atoms. The van der Waals surface area contributed by atoms with Crippen LogP contribution in [0.15, 0.2) is 188 Å². The summed E-state index contributed by atoms with van der Waals surface area (Å²) >= 11 is 0. The minimum absolute atomic E-state index is 0. The number of methoxy groups -OCH3 is 4. The molecule has 0 aliphatic rings. The summed E-state index contributed by atoms with van der Waals surface area (Å²) in [5.41, 5.74) is 12.8. The molecule has 84 heavy (non-hydrogen) atoms. The van der Waals surface area contributed by atoms with Gasteiger partial charge in [-0.05, 0) is 143 Å². The van der Waals surface area contributed by atoms with Crippen molar-refractivity contribution >= 4 is 20.3 Å². The number of likely N-dealkylation sites (N-methyl/N-ethyl adjacent to an activating group) is 1. The molecule has 0 aromatic heterocycles. The largest absolute Gasteiger partial charge is 0.493 e. The monoisotopic (exact) mass is 1150 g/mol. The quantitative estimate of drug-likeness (QED) is 0.0350. The predicted molar refractivity (Wildman–Crippen MR) is 322 cm³/mol. The van der Waals surface area contributed by atoms with Gasteiger partial charge < -0.3 is 54.4 Å². The first-order valence-corrected chi connectivity index (χ1v) is 27.0. The van der Waals surface area contributed by atoms with Crippen LogP contribution in [-0.4, -0.2) is 87.4 Å². The van der Waals surface area contributed by atoms with Crippen LogP contribution in [-0.2, 0) is 53.4 Å². The van der Waals surface area contributed by atoms with Gasteiger partial charge >= 0.3 is 5.97 Å². The molecule has 8 rings (SSSR count). The summed E-state index contributed by atoms with van der Waals surface area (Å²) in [6.45, 7) is 2.57. The average Bonchev–Trinajstić information content (AvgIpc) is 3.69. The molecule has 1 amide bonds. The number of halogens is 3. The summed E-state index contributed by atoms with van der Waals surface area (Å²) in [6, 6.07) is 54.3. The van der Waals surface area contributed by atoms with Crippen molar-refractivity contribution in [3.63, 3.8) is 0 Å². The zero-order valence-corrected chi connectivity index (χ0v) is 48.3. The molecule has 13 nitrogen and oxygen atoms in total. The predicted octanol–water partition coefficient (Wildman–Crippen LogP) is 11.4. The van der Waals surface area contributed by atoms with Crippen molar-refractivity contribution in [3.8, 4) is 34.5 Å². The number of rotatable bonds is 26. The molecule has 17 heteroatoms. The van der Waals surface area contributed by atoms with Gasteiger partial charge in [0.05, 0.1) is 28.4 Å². The summed E-state index contributed by atoms with van der Waals surface area (Å²) in [6.07, 6.45) is 2.19. The van der Waals surface area contributed by atoms with E-state index in [1.54, 1.807) is 64.6 Å². The Bertz CT molecular complexity index is 3270. The van der Waals surface area contributed by atoms with E-state index in [0.717, 1.165) is 50.9 Å². The summed E-state index contributed by atoms with van der Waals surface area (Å²) in [7, 11) is 9.66. The average molecular weight is 1150 g/mol. The van der Waals surface area contributed by atoms with E-state index >= 15 is 0 Å². The maximum absolute atomic E-state index is 13.4. The number of carbonyl (C=O) groups excluding carboxylic acids is 2. The first-order valence-electron chi connectivity index (χ1n) is 27.0. The van der Waals surface area contributed by atoms with E-state index in [1.807, 2.05) is 127 Å². The normalized spacial score (nSPS) is 11.2. The lowest BCUT2D eigenvalue weighted by atomic mass is 10.0. The van der Waals surface area contributed by atoms with Crippen molar-refractivity contribution < 1.29 is 55.9 Å². The highest BCUT2D eigenvalue weighted by Crippen LogP contribution is 2.32. The van der Waals surface area contributed by atoms with E-state index in [0.29, 0.717) is 73.6 Å². The van der Waals surface area contributed by atoms with Crippen LogP contribution in [0.1, 0.15) is 56.6 Å². The molecule has 8 aromatic carbocycles. The molecule has 0 bridgehead atoms. The van der Waals surface area contributed by atoms with E-state index in [1.165, 1.54) is 43.5 Å². The number of nitrogens with one attached hydrogen (secondary N) is 2. The topological polar surface area (TPSA) is 152 Å². The van der Waals surface area contributed by atoms with Crippen molar-refractivity contribution in [2.45, 2.75) is 51.2 Å². The smallest absolute Gasteiger partial charge is 0.327 e. The lowest BCUT2D eigenvalue weighted by Gasteiger charge is -2.22. The summed E-state index contributed by atoms with van der Waals surface area (Å²) in [5.74, 6) is 2.52. The lowest BCUT2D eigenvalue weighted by Crippen LogP contribution is -2.37. The molecule has 8 aromatic rings. The summed E-state index contributed by atoms with van der Waals surface area (Å²) < 4.78 is 78.3. The fourth-order valence-corrected chi connectivity index (χ4v) is 8.56. The summed E-state index contributed by atoms with van der Waals surface area (Å²) in [4.78, 5) is 26.4. The number of esters is 1. The molecule has 2 unspecified atom stereocenters. The van der Waals surface area contributed by atoms with Crippen molar-refractivity contribution in [2.24, 2.45) is 5.73 Å². The van der Waals surface area contributed by atoms with Crippen LogP contribution in [0.5, 0.6) is 34.5 Å². The number of hydrogen-bond acceptors (Lipinski definition) is 12. The number of amides is 1. The number of nitrogens with two attached hydrogens (primary N) is 1. The van der Waals surface area contributed by atoms with Gasteiger partial charge in [0.15, 0.2) is 34.5 Å². The van der Waals surface area contributed by atoms with E-state index in [9.17, 15) is 22.8 Å². The Morgan fingerprint density at radius 3 is 1.13 bits per heavy atom. The maximum atomic E-state index is 13.4. The van der Waals surface area contributed by atoms with Crippen LogP contribution >= 0.6 is 0 Å². The van der Waals surface area contributed by atoms with Gasteiger partial charge in [-0.25, -0.2) is 18.0 Å². The molecule has 439 valence electrons. The van der Waals surface area contributed by atoms with Crippen LogP contribution in [0.4, 0.5) is 13.2 Å². The molecule has 3 radical (unpaired) electrons. The van der Waals surface area contributed by atoms with Gasteiger partial charge in [-0.3, -0.25) is 4.79 Å². The molecular weight excluding hydrogens is 1070 g/mol. The van der Waals surface area contributed by atoms with Gasteiger partial charge in [-0.1, -0.05) is 115 Å². The third-order valence-electron chi connectivity index (χ3n) is 12.9. The third-order valence-corrected chi connectivity index (χ3v) is 12.9. The van der Waals surface area contributed by atoms with Crippen LogP contribution in [0.2, 0.25) is 0 Å². The van der Waals surface area contributed by atoms with Crippen LogP contribution in [0.25, 0.3) is 0 Å². The fourth-order valence-electron chi connectivity index (χ4n) is 8.56. The van der Waals surface area contributed by atoms with Crippen molar-refractivity contribution in [1.82, 2.24) is 15.5 Å².